The van der Waals surface area contributed by atoms with Gasteiger partial charge in [-0.2, -0.15) is 0 Å². The van der Waals surface area contributed by atoms with Gasteiger partial charge < -0.3 is 5.11 Å². The van der Waals surface area contributed by atoms with E-state index in [2.05, 4.69) is 0 Å². The Balaban J connectivity index is 2.20. The summed E-state index contributed by atoms with van der Waals surface area (Å²) in [6, 6.07) is 7.18. The number of aliphatic carboxylic acids is 1. The third-order valence-electron chi connectivity index (χ3n) is 3.62. The summed E-state index contributed by atoms with van der Waals surface area (Å²) in [4.78, 5) is 11.1. The molecular weight excluding hydrogens is 271 g/mol. The fraction of sp³-hybridized carbons (Fsp3) is 0.357. The van der Waals surface area contributed by atoms with Crippen molar-refractivity contribution in [2.75, 3.05) is 0 Å². The first-order valence-electron chi connectivity index (χ1n) is 5.70. The van der Waals surface area contributed by atoms with Crippen LogP contribution in [-0.4, -0.2) is 11.1 Å². The van der Waals surface area contributed by atoms with Crippen molar-refractivity contribution in [3.63, 3.8) is 0 Å². The summed E-state index contributed by atoms with van der Waals surface area (Å²) in [5, 5.41) is 10.3. The van der Waals surface area contributed by atoms with Gasteiger partial charge in [-0.05, 0) is 29.0 Å². The molecule has 0 spiro atoms. The van der Waals surface area contributed by atoms with Crippen molar-refractivity contribution in [1.29, 1.82) is 0 Å². The van der Waals surface area contributed by atoms with E-state index in [0.29, 0.717) is 10.1 Å². The molecule has 0 heterocycles. The Kier molecular flexibility index (Phi) is 3.43. The van der Waals surface area contributed by atoms with Gasteiger partial charge in [-0.15, -0.1) is 0 Å². The van der Waals surface area contributed by atoms with E-state index in [1.807, 2.05) is 32.1 Å². The van der Waals surface area contributed by atoms with Crippen LogP contribution in [0.3, 0.4) is 0 Å². The Morgan fingerprint density at radius 1 is 1.33 bits per heavy atom. The van der Waals surface area contributed by atoms with Crippen LogP contribution < -0.4 is 0 Å². The number of rotatable bonds is 3. The number of benzene rings is 1. The summed E-state index contributed by atoms with van der Waals surface area (Å²) in [7, 11) is 0. The van der Waals surface area contributed by atoms with Gasteiger partial charge in [-0.25, -0.2) is 0 Å². The molecule has 1 fully saturated rings. The van der Waals surface area contributed by atoms with E-state index in [1.54, 1.807) is 12.1 Å². The smallest absolute Gasteiger partial charge is 0.307 e. The Hall–Kier alpha value is -0.990. The van der Waals surface area contributed by atoms with Gasteiger partial charge in [-0.3, -0.25) is 4.79 Å². The maximum atomic E-state index is 11.1. The highest BCUT2D eigenvalue weighted by Crippen LogP contribution is 2.59. The van der Waals surface area contributed by atoms with E-state index in [9.17, 15) is 4.79 Å². The normalized spacial score (nSPS) is 25.9. The molecule has 1 N–H and O–H groups in total. The average molecular weight is 285 g/mol. The van der Waals surface area contributed by atoms with Crippen molar-refractivity contribution >= 4 is 34.2 Å². The summed E-state index contributed by atoms with van der Waals surface area (Å²) in [6.07, 6.45) is 1.84. The number of carboxylic acids is 1. The van der Waals surface area contributed by atoms with Crippen LogP contribution in [0.25, 0.3) is 5.03 Å². The predicted octanol–water partition coefficient (Wildman–Crippen LogP) is 4.28. The lowest BCUT2D eigenvalue weighted by atomic mass is 10.1. The van der Waals surface area contributed by atoms with Gasteiger partial charge in [0.2, 0.25) is 0 Å². The SMILES string of the molecule is CC1(C)[C@H](/C=C(/Cl)c2ccc(Cl)cc2)[C@H]1C(=O)O. The minimum absolute atomic E-state index is 0.0156. The first kappa shape index (κ1) is 13.4. The first-order valence-corrected chi connectivity index (χ1v) is 6.45. The van der Waals surface area contributed by atoms with Crippen LogP contribution in [0.4, 0.5) is 0 Å². The molecule has 0 unspecified atom stereocenters. The Morgan fingerprint density at radius 2 is 1.89 bits per heavy atom. The second kappa shape index (κ2) is 4.60. The molecule has 1 aromatic rings. The van der Waals surface area contributed by atoms with Crippen LogP contribution in [0.2, 0.25) is 5.02 Å². The molecule has 1 aromatic carbocycles. The van der Waals surface area contributed by atoms with E-state index >= 15 is 0 Å². The van der Waals surface area contributed by atoms with Gasteiger partial charge in [0.1, 0.15) is 0 Å². The van der Waals surface area contributed by atoms with E-state index in [4.69, 9.17) is 28.3 Å². The zero-order chi connectivity index (χ0) is 13.5. The lowest BCUT2D eigenvalue weighted by Crippen LogP contribution is -2.03. The van der Waals surface area contributed by atoms with Crippen LogP contribution in [0.15, 0.2) is 30.3 Å². The summed E-state index contributed by atoms with van der Waals surface area (Å²) < 4.78 is 0. The molecule has 4 heteroatoms. The maximum absolute atomic E-state index is 11.1. The highest BCUT2D eigenvalue weighted by Gasteiger charge is 2.60. The van der Waals surface area contributed by atoms with Crippen molar-refractivity contribution in [1.82, 2.24) is 0 Å². The van der Waals surface area contributed by atoms with Crippen molar-refractivity contribution in [3.8, 4) is 0 Å². The average Bonchev–Trinajstić information content (AvgIpc) is 2.81. The van der Waals surface area contributed by atoms with E-state index in [-0.39, 0.29) is 17.3 Å². The molecule has 0 saturated heterocycles. The molecule has 1 saturated carbocycles. The van der Waals surface area contributed by atoms with Gasteiger partial charge >= 0.3 is 5.97 Å². The highest BCUT2D eigenvalue weighted by atomic mass is 35.5. The van der Waals surface area contributed by atoms with Crippen LogP contribution in [-0.2, 0) is 4.79 Å². The number of allylic oxidation sites excluding steroid dienone is 1. The molecule has 2 rings (SSSR count). The molecule has 0 aliphatic heterocycles. The molecule has 1 aliphatic rings. The second-order valence-electron chi connectivity index (χ2n) is 5.18. The van der Waals surface area contributed by atoms with Crippen molar-refractivity contribution in [2.24, 2.45) is 17.3 Å². The zero-order valence-electron chi connectivity index (χ0n) is 10.2. The molecule has 0 bridgehead atoms. The summed E-state index contributed by atoms with van der Waals surface area (Å²) in [5.74, 6) is -1.13. The number of carbonyl (C=O) groups is 1. The number of halogens is 2. The third-order valence-corrected chi connectivity index (χ3v) is 4.22. The Labute approximate surface area is 116 Å². The minimum atomic E-state index is -0.762. The molecule has 2 nitrogen and oxygen atoms in total. The minimum Gasteiger partial charge on any atom is -0.481 e. The van der Waals surface area contributed by atoms with Gasteiger partial charge in [0, 0.05) is 10.1 Å². The number of carboxylic acid groups (broad SMARTS) is 1. The molecule has 1 aliphatic carbocycles. The van der Waals surface area contributed by atoms with Crippen molar-refractivity contribution in [3.05, 3.63) is 40.9 Å². The predicted molar refractivity (Wildman–Crippen MR) is 73.7 cm³/mol. The highest BCUT2D eigenvalue weighted by molar-refractivity contribution is 6.48. The van der Waals surface area contributed by atoms with E-state index < -0.39 is 5.97 Å². The van der Waals surface area contributed by atoms with Crippen LogP contribution in [0.5, 0.6) is 0 Å². The second-order valence-corrected chi connectivity index (χ2v) is 6.03. The third kappa shape index (κ3) is 2.40. The van der Waals surface area contributed by atoms with Gasteiger partial charge in [0.05, 0.1) is 5.92 Å². The molecule has 0 amide bonds. The maximum Gasteiger partial charge on any atom is 0.307 e. The topological polar surface area (TPSA) is 37.3 Å². The molecule has 0 radical (unpaired) electrons. The molecular formula is C14H14Cl2O2. The molecule has 2 atom stereocenters. The summed E-state index contributed by atoms with van der Waals surface area (Å²) in [5.41, 5.74) is 0.631. The number of hydrogen-bond acceptors (Lipinski definition) is 1. The Bertz CT molecular complexity index is 503. The molecule has 0 aromatic heterocycles. The van der Waals surface area contributed by atoms with Crippen LogP contribution >= 0.6 is 23.2 Å². The Morgan fingerprint density at radius 3 is 2.33 bits per heavy atom. The van der Waals surface area contributed by atoms with E-state index in [0.717, 1.165) is 5.56 Å². The summed E-state index contributed by atoms with van der Waals surface area (Å²) in [6.45, 7) is 3.89. The van der Waals surface area contributed by atoms with Gasteiger partial charge in [-0.1, -0.05) is 55.3 Å². The summed E-state index contributed by atoms with van der Waals surface area (Å²) >= 11 is 12.0. The monoisotopic (exact) mass is 284 g/mol. The van der Waals surface area contributed by atoms with Gasteiger partial charge in [0.25, 0.3) is 0 Å². The van der Waals surface area contributed by atoms with Crippen molar-refractivity contribution in [2.45, 2.75) is 13.8 Å². The van der Waals surface area contributed by atoms with Crippen LogP contribution in [0.1, 0.15) is 19.4 Å². The molecule has 96 valence electrons. The molecule has 18 heavy (non-hydrogen) atoms. The number of hydrogen-bond donors (Lipinski definition) is 1. The zero-order valence-corrected chi connectivity index (χ0v) is 11.7. The quantitative estimate of drug-likeness (QED) is 0.900. The lowest BCUT2D eigenvalue weighted by Gasteiger charge is -2.01. The lowest BCUT2D eigenvalue weighted by molar-refractivity contribution is -0.139. The van der Waals surface area contributed by atoms with Crippen molar-refractivity contribution < 1.29 is 9.90 Å². The largest absolute Gasteiger partial charge is 0.481 e. The fourth-order valence-electron chi connectivity index (χ4n) is 2.32. The van der Waals surface area contributed by atoms with Gasteiger partial charge in [0.15, 0.2) is 0 Å². The van der Waals surface area contributed by atoms with Crippen LogP contribution in [0, 0.1) is 17.3 Å². The standard InChI is InChI=1S/C14H14Cl2O2/c1-14(2)10(12(14)13(17)18)7-11(16)8-3-5-9(15)6-4-8/h3-7,10,12H,1-2H3,(H,17,18)/b11-7+/t10-,12+/m1/s1. The van der Waals surface area contributed by atoms with E-state index in [1.165, 1.54) is 0 Å². The fourth-order valence-corrected chi connectivity index (χ4v) is 2.71. The first-order chi connectivity index (χ1) is 8.34.